The minimum atomic E-state index is -0.948. The SMILES string of the molecule is C/C(=C\COCc1ccccc1)CS(=O)N1CCOCC1. The molecule has 0 aliphatic carbocycles. The lowest BCUT2D eigenvalue weighted by atomic mass is 10.2. The molecule has 21 heavy (non-hydrogen) atoms. The molecule has 0 saturated carbocycles. The summed E-state index contributed by atoms with van der Waals surface area (Å²) < 4.78 is 25.0. The summed E-state index contributed by atoms with van der Waals surface area (Å²) in [7, 11) is -0.948. The maximum Gasteiger partial charge on any atom is 0.0985 e. The van der Waals surface area contributed by atoms with Crippen molar-refractivity contribution in [3.63, 3.8) is 0 Å². The molecular formula is C16H23NO3S. The Morgan fingerprint density at radius 1 is 1.33 bits per heavy atom. The first kappa shape index (κ1) is 16.4. The molecule has 0 amide bonds. The van der Waals surface area contributed by atoms with Gasteiger partial charge >= 0.3 is 0 Å². The Balaban J connectivity index is 1.67. The Morgan fingerprint density at radius 2 is 2.05 bits per heavy atom. The normalized spacial score (nSPS) is 18.6. The van der Waals surface area contributed by atoms with E-state index in [9.17, 15) is 4.21 Å². The van der Waals surface area contributed by atoms with Crippen LogP contribution in [0.3, 0.4) is 0 Å². The Hall–Kier alpha value is -1.01. The second-order valence-electron chi connectivity index (χ2n) is 5.06. The van der Waals surface area contributed by atoms with Gasteiger partial charge in [-0.05, 0) is 12.5 Å². The molecule has 1 aromatic carbocycles. The van der Waals surface area contributed by atoms with Gasteiger partial charge in [0.1, 0.15) is 0 Å². The molecule has 1 saturated heterocycles. The molecule has 1 fully saturated rings. The number of ether oxygens (including phenoxy) is 2. The maximum absolute atomic E-state index is 12.2. The average molecular weight is 309 g/mol. The van der Waals surface area contributed by atoms with Gasteiger partial charge in [-0.2, -0.15) is 0 Å². The van der Waals surface area contributed by atoms with Crippen LogP contribution >= 0.6 is 0 Å². The highest BCUT2D eigenvalue weighted by atomic mass is 32.2. The fourth-order valence-corrected chi connectivity index (χ4v) is 3.29. The summed E-state index contributed by atoms with van der Waals surface area (Å²) in [5.41, 5.74) is 2.27. The lowest BCUT2D eigenvalue weighted by Crippen LogP contribution is -2.38. The largest absolute Gasteiger partial charge is 0.379 e. The average Bonchev–Trinajstić information content (AvgIpc) is 2.53. The lowest BCUT2D eigenvalue weighted by Gasteiger charge is -2.25. The predicted octanol–water partition coefficient (Wildman–Crippen LogP) is 2.15. The summed E-state index contributed by atoms with van der Waals surface area (Å²) in [6.45, 7) is 6.03. The summed E-state index contributed by atoms with van der Waals surface area (Å²) in [5.74, 6) is 0.578. The van der Waals surface area contributed by atoms with Crippen LogP contribution in [-0.2, 0) is 27.1 Å². The summed E-state index contributed by atoms with van der Waals surface area (Å²) in [6, 6.07) is 10.1. The molecular weight excluding hydrogens is 286 g/mol. The van der Waals surface area contributed by atoms with E-state index in [4.69, 9.17) is 9.47 Å². The van der Waals surface area contributed by atoms with E-state index in [1.165, 1.54) is 5.56 Å². The Kier molecular flexibility index (Phi) is 7.09. The molecule has 0 aromatic heterocycles. The van der Waals surface area contributed by atoms with Crippen molar-refractivity contribution in [1.29, 1.82) is 0 Å². The van der Waals surface area contributed by atoms with Crippen molar-refractivity contribution >= 4 is 11.0 Å². The van der Waals surface area contributed by atoms with Crippen LogP contribution in [0.4, 0.5) is 0 Å². The van der Waals surface area contributed by atoms with Crippen LogP contribution in [0, 0.1) is 0 Å². The van der Waals surface area contributed by atoms with Gasteiger partial charge < -0.3 is 9.47 Å². The van der Waals surface area contributed by atoms with Gasteiger partial charge in [-0.25, -0.2) is 8.51 Å². The van der Waals surface area contributed by atoms with E-state index in [2.05, 4.69) is 0 Å². The molecule has 2 rings (SSSR count). The van der Waals surface area contributed by atoms with Gasteiger partial charge in [-0.3, -0.25) is 0 Å². The molecule has 4 nitrogen and oxygen atoms in total. The van der Waals surface area contributed by atoms with Gasteiger partial charge in [0, 0.05) is 13.1 Å². The van der Waals surface area contributed by atoms with E-state index in [1.54, 1.807) is 0 Å². The van der Waals surface area contributed by atoms with E-state index < -0.39 is 11.0 Å². The third kappa shape index (κ3) is 6.09. The van der Waals surface area contributed by atoms with Crippen LogP contribution in [0.2, 0.25) is 0 Å². The van der Waals surface area contributed by atoms with Crippen LogP contribution < -0.4 is 0 Å². The summed E-state index contributed by atoms with van der Waals surface area (Å²) >= 11 is 0. The zero-order valence-corrected chi connectivity index (χ0v) is 13.3. The number of benzene rings is 1. The summed E-state index contributed by atoms with van der Waals surface area (Å²) in [5, 5.41) is 0. The van der Waals surface area contributed by atoms with Gasteiger partial charge in [-0.1, -0.05) is 42.0 Å². The predicted molar refractivity (Wildman–Crippen MR) is 85.3 cm³/mol. The molecule has 5 heteroatoms. The maximum atomic E-state index is 12.2. The van der Waals surface area contributed by atoms with Crippen molar-refractivity contribution in [2.45, 2.75) is 13.5 Å². The first-order valence-electron chi connectivity index (χ1n) is 7.24. The van der Waals surface area contributed by atoms with Crippen molar-refractivity contribution in [1.82, 2.24) is 4.31 Å². The number of morpholine rings is 1. The van der Waals surface area contributed by atoms with Gasteiger partial charge in [0.25, 0.3) is 0 Å². The third-order valence-corrected chi connectivity index (χ3v) is 4.91. The topological polar surface area (TPSA) is 38.8 Å². The molecule has 1 unspecified atom stereocenters. The fraction of sp³-hybridized carbons (Fsp3) is 0.500. The van der Waals surface area contributed by atoms with Crippen molar-refractivity contribution < 1.29 is 13.7 Å². The Labute approximate surface area is 129 Å². The molecule has 116 valence electrons. The molecule has 1 atom stereocenters. The first-order chi connectivity index (χ1) is 10.3. The molecule has 0 N–H and O–H groups in total. The first-order valence-corrected chi connectivity index (χ1v) is 8.52. The Bertz CT molecular complexity index is 470. The summed E-state index contributed by atoms with van der Waals surface area (Å²) in [4.78, 5) is 0. The molecule has 0 spiro atoms. The minimum Gasteiger partial charge on any atom is -0.379 e. The van der Waals surface area contributed by atoms with Crippen molar-refractivity contribution in [3.8, 4) is 0 Å². The van der Waals surface area contributed by atoms with E-state index >= 15 is 0 Å². The lowest BCUT2D eigenvalue weighted by molar-refractivity contribution is 0.0753. The highest BCUT2D eigenvalue weighted by Crippen LogP contribution is 2.06. The van der Waals surface area contributed by atoms with Crippen molar-refractivity contribution in [2.75, 3.05) is 38.7 Å². The summed E-state index contributed by atoms with van der Waals surface area (Å²) in [6.07, 6.45) is 2.02. The van der Waals surface area contributed by atoms with Crippen LogP contribution in [0.25, 0.3) is 0 Å². The van der Waals surface area contributed by atoms with Crippen LogP contribution in [0.5, 0.6) is 0 Å². The molecule has 1 heterocycles. The van der Waals surface area contributed by atoms with Gasteiger partial charge in [-0.15, -0.1) is 0 Å². The standard InChI is InChI=1S/C16H23NO3S/c1-15(14-21(18)17-8-11-19-12-9-17)7-10-20-13-16-5-3-2-4-6-16/h2-7H,8-14H2,1H3/b15-7+. The van der Waals surface area contributed by atoms with E-state index in [0.717, 1.165) is 18.7 Å². The third-order valence-electron chi connectivity index (χ3n) is 3.27. The number of hydrogen-bond donors (Lipinski definition) is 0. The second-order valence-corrected chi connectivity index (χ2v) is 6.51. The van der Waals surface area contributed by atoms with Gasteiger partial charge in [0.05, 0.1) is 43.2 Å². The molecule has 1 aliphatic heterocycles. The van der Waals surface area contributed by atoms with Gasteiger partial charge in [0.15, 0.2) is 0 Å². The number of rotatable bonds is 7. The number of hydrogen-bond acceptors (Lipinski definition) is 3. The molecule has 0 bridgehead atoms. The van der Waals surface area contributed by atoms with E-state index in [-0.39, 0.29) is 0 Å². The molecule has 0 radical (unpaired) electrons. The van der Waals surface area contributed by atoms with Gasteiger partial charge in [0.2, 0.25) is 0 Å². The highest BCUT2D eigenvalue weighted by Gasteiger charge is 2.16. The fourth-order valence-electron chi connectivity index (χ4n) is 2.05. The highest BCUT2D eigenvalue weighted by molar-refractivity contribution is 7.82. The van der Waals surface area contributed by atoms with Crippen molar-refractivity contribution in [3.05, 3.63) is 47.5 Å². The van der Waals surface area contributed by atoms with Crippen LogP contribution in [0.15, 0.2) is 42.0 Å². The smallest absolute Gasteiger partial charge is 0.0985 e. The van der Waals surface area contributed by atoms with Crippen LogP contribution in [-0.4, -0.2) is 47.2 Å². The molecule has 1 aromatic rings. The van der Waals surface area contributed by atoms with Crippen molar-refractivity contribution in [2.24, 2.45) is 0 Å². The van der Waals surface area contributed by atoms with E-state index in [1.807, 2.05) is 47.6 Å². The monoisotopic (exact) mass is 309 g/mol. The minimum absolute atomic E-state index is 0.557. The number of nitrogens with zero attached hydrogens (tertiary/aromatic N) is 1. The van der Waals surface area contributed by atoms with Crippen LogP contribution in [0.1, 0.15) is 12.5 Å². The van der Waals surface area contributed by atoms with E-state index in [0.29, 0.717) is 32.2 Å². The second kappa shape index (κ2) is 9.10. The zero-order chi connectivity index (χ0) is 14.9. The molecule has 1 aliphatic rings. The Morgan fingerprint density at radius 3 is 2.76 bits per heavy atom. The quantitative estimate of drug-likeness (QED) is 0.572. The zero-order valence-electron chi connectivity index (χ0n) is 12.5.